The van der Waals surface area contributed by atoms with E-state index in [9.17, 15) is 18.7 Å². The number of aliphatic hydroxyl groups is 1. The lowest BCUT2D eigenvalue weighted by molar-refractivity contribution is -0.141. The van der Waals surface area contributed by atoms with Gasteiger partial charge in [0.05, 0.1) is 6.10 Å². The highest BCUT2D eigenvalue weighted by Gasteiger charge is 2.30. The van der Waals surface area contributed by atoms with Crippen LogP contribution in [-0.2, 0) is 4.79 Å². The molecule has 0 aromatic heterocycles. The van der Waals surface area contributed by atoms with E-state index >= 15 is 0 Å². The molecule has 0 aliphatic carbocycles. The van der Waals surface area contributed by atoms with Crippen molar-refractivity contribution in [3.8, 4) is 0 Å². The minimum Gasteiger partial charge on any atom is -0.387 e. The summed E-state index contributed by atoms with van der Waals surface area (Å²) in [6.45, 7) is 8.56. The van der Waals surface area contributed by atoms with Gasteiger partial charge >= 0.3 is 0 Å². The number of amides is 1. The van der Waals surface area contributed by atoms with Gasteiger partial charge in [0, 0.05) is 38.1 Å². The zero-order valence-corrected chi connectivity index (χ0v) is 13.9. The van der Waals surface area contributed by atoms with Crippen molar-refractivity contribution in [3.63, 3.8) is 0 Å². The van der Waals surface area contributed by atoms with Gasteiger partial charge in [-0.2, -0.15) is 0 Å². The number of benzene rings is 1. The van der Waals surface area contributed by atoms with Gasteiger partial charge in [-0.25, -0.2) is 8.78 Å². The van der Waals surface area contributed by atoms with Gasteiger partial charge < -0.3 is 10.0 Å². The molecule has 0 bridgehead atoms. The Kier molecular flexibility index (Phi) is 5.37. The molecule has 1 aliphatic heterocycles. The van der Waals surface area contributed by atoms with Gasteiger partial charge in [0.15, 0.2) is 11.6 Å². The average Bonchev–Trinajstić information content (AvgIpc) is 2.49. The van der Waals surface area contributed by atoms with E-state index in [1.807, 2.05) is 30.6 Å². The van der Waals surface area contributed by atoms with Gasteiger partial charge in [0.25, 0.3) is 0 Å². The standard InChI is InChI=1S/C17H24F2N2O2/c1-17(2,3)16(23)21-8-6-20(7-9-21)11-15(22)12-4-5-13(18)14(19)10-12/h4-5,10,15,22H,6-9,11H2,1-3H3. The lowest BCUT2D eigenvalue weighted by atomic mass is 9.94. The molecular weight excluding hydrogens is 302 g/mol. The molecule has 1 fully saturated rings. The highest BCUT2D eigenvalue weighted by Crippen LogP contribution is 2.21. The third-order valence-corrected chi connectivity index (χ3v) is 4.06. The maximum atomic E-state index is 13.2. The normalized spacial score (nSPS) is 18.1. The lowest BCUT2D eigenvalue weighted by Crippen LogP contribution is -2.52. The monoisotopic (exact) mass is 326 g/mol. The molecule has 4 nitrogen and oxygen atoms in total. The summed E-state index contributed by atoms with van der Waals surface area (Å²) in [6, 6.07) is 3.44. The third-order valence-electron chi connectivity index (χ3n) is 4.06. The number of carbonyl (C=O) groups is 1. The first-order chi connectivity index (χ1) is 10.7. The van der Waals surface area contributed by atoms with E-state index in [4.69, 9.17) is 0 Å². The summed E-state index contributed by atoms with van der Waals surface area (Å²) >= 11 is 0. The average molecular weight is 326 g/mol. The van der Waals surface area contributed by atoms with E-state index in [1.54, 1.807) is 0 Å². The van der Waals surface area contributed by atoms with Crippen molar-refractivity contribution in [1.29, 1.82) is 0 Å². The fourth-order valence-electron chi connectivity index (χ4n) is 2.68. The van der Waals surface area contributed by atoms with Crippen molar-refractivity contribution in [2.75, 3.05) is 32.7 Å². The van der Waals surface area contributed by atoms with Crippen molar-refractivity contribution >= 4 is 5.91 Å². The summed E-state index contributed by atoms with van der Waals surface area (Å²) in [5, 5.41) is 10.2. The van der Waals surface area contributed by atoms with Crippen LogP contribution in [-0.4, -0.2) is 53.5 Å². The molecule has 1 aromatic rings. The van der Waals surface area contributed by atoms with Crippen LogP contribution in [0, 0.1) is 17.0 Å². The Hall–Kier alpha value is -1.53. The molecule has 23 heavy (non-hydrogen) atoms. The first-order valence-corrected chi connectivity index (χ1v) is 7.83. The number of hydrogen-bond acceptors (Lipinski definition) is 3. The Bertz CT molecular complexity index is 564. The second-order valence-corrected chi connectivity index (χ2v) is 7.03. The zero-order valence-electron chi connectivity index (χ0n) is 13.9. The van der Waals surface area contributed by atoms with E-state index in [0.29, 0.717) is 38.3 Å². The highest BCUT2D eigenvalue weighted by atomic mass is 19.2. The summed E-state index contributed by atoms with van der Waals surface area (Å²) in [7, 11) is 0. The number of rotatable bonds is 3. The molecule has 1 N–H and O–H groups in total. The molecule has 6 heteroatoms. The van der Waals surface area contributed by atoms with Crippen molar-refractivity contribution in [3.05, 3.63) is 35.4 Å². The van der Waals surface area contributed by atoms with E-state index in [-0.39, 0.29) is 5.91 Å². The zero-order chi connectivity index (χ0) is 17.2. The number of β-amino-alcohol motifs (C(OH)–C–C–N with tert-alkyl or cyclic N) is 1. The minimum absolute atomic E-state index is 0.123. The summed E-state index contributed by atoms with van der Waals surface area (Å²) in [5.74, 6) is -1.75. The summed E-state index contributed by atoms with van der Waals surface area (Å²) < 4.78 is 26.2. The predicted octanol–water partition coefficient (Wildman–Crippen LogP) is 2.19. The molecule has 1 aliphatic rings. The molecule has 1 unspecified atom stereocenters. The first-order valence-electron chi connectivity index (χ1n) is 7.83. The second-order valence-electron chi connectivity index (χ2n) is 7.03. The molecule has 1 atom stereocenters. The van der Waals surface area contributed by atoms with Crippen LogP contribution in [0.25, 0.3) is 0 Å². The smallest absolute Gasteiger partial charge is 0.228 e. The van der Waals surface area contributed by atoms with Gasteiger partial charge in [-0.1, -0.05) is 26.8 Å². The number of nitrogens with zero attached hydrogens (tertiary/aromatic N) is 2. The van der Waals surface area contributed by atoms with Crippen LogP contribution in [0.2, 0.25) is 0 Å². The van der Waals surface area contributed by atoms with Crippen LogP contribution >= 0.6 is 0 Å². The molecule has 0 radical (unpaired) electrons. The van der Waals surface area contributed by atoms with E-state index < -0.39 is 23.2 Å². The van der Waals surface area contributed by atoms with Gasteiger partial charge in [-0.3, -0.25) is 9.69 Å². The van der Waals surface area contributed by atoms with Crippen LogP contribution in [0.4, 0.5) is 8.78 Å². The van der Waals surface area contributed by atoms with Crippen molar-refractivity contribution < 1.29 is 18.7 Å². The topological polar surface area (TPSA) is 43.8 Å². The molecule has 0 spiro atoms. The molecule has 1 aromatic carbocycles. The first kappa shape index (κ1) is 17.8. The molecule has 1 saturated heterocycles. The highest BCUT2D eigenvalue weighted by molar-refractivity contribution is 5.81. The Balaban J connectivity index is 1.88. The molecular formula is C17H24F2N2O2. The van der Waals surface area contributed by atoms with Gasteiger partial charge in [-0.15, -0.1) is 0 Å². The Morgan fingerprint density at radius 3 is 2.30 bits per heavy atom. The molecule has 1 amide bonds. The van der Waals surface area contributed by atoms with Gasteiger partial charge in [-0.05, 0) is 17.7 Å². The summed E-state index contributed by atoms with van der Waals surface area (Å²) in [6.07, 6.45) is -0.880. The lowest BCUT2D eigenvalue weighted by Gasteiger charge is -2.38. The Morgan fingerprint density at radius 1 is 1.17 bits per heavy atom. The summed E-state index contributed by atoms with van der Waals surface area (Å²) in [5.41, 5.74) is -0.0371. The van der Waals surface area contributed by atoms with Gasteiger partial charge in [0.2, 0.25) is 5.91 Å². The Morgan fingerprint density at radius 2 is 1.78 bits per heavy atom. The van der Waals surface area contributed by atoms with Crippen LogP contribution in [0.1, 0.15) is 32.4 Å². The largest absolute Gasteiger partial charge is 0.387 e. The van der Waals surface area contributed by atoms with Crippen LogP contribution in [0.5, 0.6) is 0 Å². The van der Waals surface area contributed by atoms with Crippen molar-refractivity contribution in [1.82, 2.24) is 9.80 Å². The molecule has 1 heterocycles. The predicted molar refractivity (Wildman–Crippen MR) is 83.8 cm³/mol. The SMILES string of the molecule is CC(C)(C)C(=O)N1CCN(CC(O)c2ccc(F)c(F)c2)CC1. The maximum absolute atomic E-state index is 13.2. The van der Waals surface area contributed by atoms with Crippen molar-refractivity contribution in [2.45, 2.75) is 26.9 Å². The summed E-state index contributed by atoms with van der Waals surface area (Å²) in [4.78, 5) is 16.1. The number of halogens is 2. The number of hydrogen-bond donors (Lipinski definition) is 1. The number of piperazine rings is 1. The van der Waals surface area contributed by atoms with Crippen LogP contribution < -0.4 is 0 Å². The number of aliphatic hydroxyl groups excluding tert-OH is 1. The molecule has 2 rings (SSSR count). The number of carbonyl (C=O) groups excluding carboxylic acids is 1. The van der Waals surface area contributed by atoms with Crippen LogP contribution in [0.3, 0.4) is 0 Å². The Labute approximate surface area is 135 Å². The van der Waals surface area contributed by atoms with E-state index in [2.05, 4.69) is 0 Å². The third kappa shape index (κ3) is 4.48. The van der Waals surface area contributed by atoms with Crippen LogP contribution in [0.15, 0.2) is 18.2 Å². The van der Waals surface area contributed by atoms with E-state index in [0.717, 1.165) is 12.1 Å². The quantitative estimate of drug-likeness (QED) is 0.926. The fourth-order valence-corrected chi connectivity index (χ4v) is 2.68. The van der Waals surface area contributed by atoms with Gasteiger partial charge in [0.1, 0.15) is 0 Å². The van der Waals surface area contributed by atoms with E-state index in [1.165, 1.54) is 6.07 Å². The minimum atomic E-state index is -0.956. The molecule has 128 valence electrons. The fraction of sp³-hybridized carbons (Fsp3) is 0.588. The van der Waals surface area contributed by atoms with Crippen molar-refractivity contribution in [2.24, 2.45) is 5.41 Å². The second kappa shape index (κ2) is 6.93. The molecule has 0 saturated carbocycles. The maximum Gasteiger partial charge on any atom is 0.228 e.